The Morgan fingerprint density at radius 3 is 2.38 bits per heavy atom. The first kappa shape index (κ1) is 17.8. The van der Waals surface area contributed by atoms with E-state index >= 15 is 0 Å². The van der Waals surface area contributed by atoms with Crippen molar-refractivity contribution >= 4 is 23.4 Å². The van der Waals surface area contributed by atoms with Gasteiger partial charge in [-0.2, -0.15) is 4.98 Å². The van der Waals surface area contributed by atoms with Crippen LogP contribution in [0.15, 0.2) is 30.5 Å². The maximum Gasteiger partial charge on any atom is 0.343 e. The SMILES string of the molecule is CCOC(=O)c1cnc(N2CCN(c3ccc(OC)cc3)CC2)nc1N. The van der Waals surface area contributed by atoms with Crippen LogP contribution in [0.5, 0.6) is 5.75 Å². The molecule has 8 heteroatoms. The molecule has 1 aromatic heterocycles. The Bertz CT molecular complexity index is 758. The quantitative estimate of drug-likeness (QED) is 0.806. The van der Waals surface area contributed by atoms with Gasteiger partial charge in [-0.15, -0.1) is 0 Å². The van der Waals surface area contributed by atoms with Crippen LogP contribution >= 0.6 is 0 Å². The Morgan fingerprint density at radius 1 is 1.15 bits per heavy atom. The molecule has 0 radical (unpaired) electrons. The minimum Gasteiger partial charge on any atom is -0.497 e. The molecule has 3 rings (SSSR count). The van der Waals surface area contributed by atoms with Crippen LogP contribution in [0, 0.1) is 0 Å². The normalized spacial score (nSPS) is 14.2. The maximum absolute atomic E-state index is 11.8. The second-order valence-electron chi connectivity index (χ2n) is 5.86. The summed E-state index contributed by atoms with van der Waals surface area (Å²) in [7, 11) is 1.66. The largest absolute Gasteiger partial charge is 0.497 e. The Hall–Kier alpha value is -3.03. The summed E-state index contributed by atoms with van der Waals surface area (Å²) in [5.41, 5.74) is 7.26. The van der Waals surface area contributed by atoms with Gasteiger partial charge in [0.05, 0.1) is 13.7 Å². The van der Waals surface area contributed by atoms with Crippen molar-refractivity contribution in [3.63, 3.8) is 0 Å². The number of rotatable bonds is 5. The molecule has 0 atom stereocenters. The number of ether oxygens (including phenoxy) is 2. The molecule has 2 aromatic rings. The van der Waals surface area contributed by atoms with E-state index in [1.807, 2.05) is 12.1 Å². The summed E-state index contributed by atoms with van der Waals surface area (Å²) in [5, 5.41) is 0. The number of hydrogen-bond acceptors (Lipinski definition) is 8. The van der Waals surface area contributed by atoms with Gasteiger partial charge in [0.15, 0.2) is 0 Å². The van der Waals surface area contributed by atoms with E-state index in [0.717, 1.165) is 37.6 Å². The third kappa shape index (κ3) is 3.79. The molecule has 0 aliphatic carbocycles. The van der Waals surface area contributed by atoms with Gasteiger partial charge in [-0.3, -0.25) is 0 Å². The smallest absolute Gasteiger partial charge is 0.343 e. The summed E-state index contributed by atoms with van der Waals surface area (Å²) in [5.74, 6) is 1.02. The lowest BCUT2D eigenvalue weighted by Crippen LogP contribution is -2.47. The van der Waals surface area contributed by atoms with Gasteiger partial charge in [-0.1, -0.05) is 0 Å². The molecule has 1 aromatic carbocycles. The van der Waals surface area contributed by atoms with Crippen LogP contribution in [-0.4, -0.2) is 55.8 Å². The Kier molecular flexibility index (Phi) is 5.40. The van der Waals surface area contributed by atoms with Crippen LogP contribution in [0.25, 0.3) is 0 Å². The van der Waals surface area contributed by atoms with Crippen molar-refractivity contribution in [1.82, 2.24) is 9.97 Å². The standard InChI is InChI=1S/C18H23N5O3/c1-3-26-17(24)15-12-20-18(21-16(15)19)23-10-8-22(9-11-23)13-4-6-14(25-2)7-5-13/h4-7,12H,3,8-11H2,1-2H3,(H2,19,20,21). The van der Waals surface area contributed by atoms with Crippen molar-refractivity contribution in [2.75, 3.05) is 55.4 Å². The van der Waals surface area contributed by atoms with Crippen LogP contribution in [0.1, 0.15) is 17.3 Å². The molecule has 0 spiro atoms. The minimum atomic E-state index is -0.499. The van der Waals surface area contributed by atoms with Crippen LogP contribution in [-0.2, 0) is 4.74 Å². The van der Waals surface area contributed by atoms with Gasteiger partial charge in [0.25, 0.3) is 0 Å². The number of nitrogens with zero attached hydrogens (tertiary/aromatic N) is 4. The van der Waals surface area contributed by atoms with Gasteiger partial charge < -0.3 is 25.0 Å². The number of methoxy groups -OCH3 is 1. The lowest BCUT2D eigenvalue weighted by molar-refractivity contribution is 0.0527. The number of piperazine rings is 1. The molecule has 1 saturated heterocycles. The van der Waals surface area contributed by atoms with E-state index < -0.39 is 5.97 Å². The highest BCUT2D eigenvalue weighted by Crippen LogP contribution is 2.22. The molecule has 0 bridgehead atoms. The number of anilines is 3. The Balaban J connectivity index is 1.64. The third-order valence-corrected chi connectivity index (χ3v) is 4.30. The predicted octanol–water partition coefficient (Wildman–Crippen LogP) is 1.57. The molecule has 138 valence electrons. The fraction of sp³-hybridized carbons (Fsp3) is 0.389. The molecular formula is C18H23N5O3. The highest BCUT2D eigenvalue weighted by atomic mass is 16.5. The highest BCUT2D eigenvalue weighted by Gasteiger charge is 2.21. The van der Waals surface area contributed by atoms with E-state index in [1.165, 1.54) is 6.20 Å². The van der Waals surface area contributed by atoms with Crippen molar-refractivity contribution in [2.45, 2.75) is 6.92 Å². The number of esters is 1. The monoisotopic (exact) mass is 357 g/mol. The summed E-state index contributed by atoms with van der Waals surface area (Å²) in [6.07, 6.45) is 1.44. The zero-order valence-corrected chi connectivity index (χ0v) is 15.0. The average Bonchev–Trinajstić information content (AvgIpc) is 2.68. The van der Waals surface area contributed by atoms with E-state index in [1.54, 1.807) is 14.0 Å². The molecule has 2 N–H and O–H groups in total. The number of nitrogen functional groups attached to an aromatic ring is 1. The van der Waals surface area contributed by atoms with Crippen LogP contribution in [0.2, 0.25) is 0 Å². The van der Waals surface area contributed by atoms with Crippen molar-refractivity contribution in [3.05, 3.63) is 36.0 Å². The number of hydrogen-bond donors (Lipinski definition) is 1. The third-order valence-electron chi connectivity index (χ3n) is 4.30. The zero-order chi connectivity index (χ0) is 18.5. The second-order valence-corrected chi connectivity index (χ2v) is 5.86. The first-order valence-electron chi connectivity index (χ1n) is 8.56. The molecule has 1 fully saturated rings. The van der Waals surface area contributed by atoms with Gasteiger partial charge in [0.1, 0.15) is 17.1 Å². The van der Waals surface area contributed by atoms with Gasteiger partial charge in [0, 0.05) is 38.1 Å². The first-order valence-corrected chi connectivity index (χ1v) is 8.56. The lowest BCUT2D eigenvalue weighted by Gasteiger charge is -2.36. The number of carbonyl (C=O) groups excluding carboxylic acids is 1. The number of benzene rings is 1. The van der Waals surface area contributed by atoms with Gasteiger partial charge in [-0.05, 0) is 31.2 Å². The van der Waals surface area contributed by atoms with E-state index in [-0.39, 0.29) is 18.0 Å². The van der Waals surface area contributed by atoms with Gasteiger partial charge >= 0.3 is 5.97 Å². The Morgan fingerprint density at radius 2 is 1.81 bits per heavy atom. The zero-order valence-electron chi connectivity index (χ0n) is 15.0. The molecule has 1 aliphatic rings. The fourth-order valence-electron chi connectivity index (χ4n) is 2.86. The predicted molar refractivity (Wildman–Crippen MR) is 99.8 cm³/mol. The molecule has 0 unspecified atom stereocenters. The molecule has 0 amide bonds. The summed E-state index contributed by atoms with van der Waals surface area (Å²) in [6, 6.07) is 8.02. The van der Waals surface area contributed by atoms with Gasteiger partial charge in [0.2, 0.25) is 5.95 Å². The molecule has 2 heterocycles. The number of nitrogens with two attached hydrogens (primary N) is 1. The Labute approximate surface area is 152 Å². The summed E-state index contributed by atoms with van der Waals surface area (Å²) in [4.78, 5) is 24.7. The van der Waals surface area contributed by atoms with E-state index in [0.29, 0.717) is 5.95 Å². The highest BCUT2D eigenvalue weighted by molar-refractivity contribution is 5.93. The minimum absolute atomic E-state index is 0.144. The molecule has 0 saturated carbocycles. The van der Waals surface area contributed by atoms with Gasteiger partial charge in [-0.25, -0.2) is 9.78 Å². The summed E-state index contributed by atoms with van der Waals surface area (Å²) in [6.45, 7) is 5.25. The summed E-state index contributed by atoms with van der Waals surface area (Å²) >= 11 is 0. The second kappa shape index (κ2) is 7.90. The van der Waals surface area contributed by atoms with Crippen LogP contribution < -0.4 is 20.3 Å². The maximum atomic E-state index is 11.8. The van der Waals surface area contributed by atoms with Crippen molar-refractivity contribution in [2.24, 2.45) is 0 Å². The topological polar surface area (TPSA) is 93.8 Å². The van der Waals surface area contributed by atoms with Crippen LogP contribution in [0.4, 0.5) is 17.5 Å². The molecule has 26 heavy (non-hydrogen) atoms. The fourth-order valence-corrected chi connectivity index (χ4v) is 2.86. The van der Waals surface area contributed by atoms with Crippen molar-refractivity contribution < 1.29 is 14.3 Å². The number of carbonyl (C=O) groups is 1. The molecular weight excluding hydrogens is 334 g/mol. The average molecular weight is 357 g/mol. The van der Waals surface area contributed by atoms with Crippen molar-refractivity contribution in [3.8, 4) is 5.75 Å². The first-order chi connectivity index (χ1) is 12.6. The summed E-state index contributed by atoms with van der Waals surface area (Å²) < 4.78 is 10.1. The van der Waals surface area contributed by atoms with E-state index in [2.05, 4.69) is 31.9 Å². The van der Waals surface area contributed by atoms with Crippen LogP contribution in [0.3, 0.4) is 0 Å². The van der Waals surface area contributed by atoms with E-state index in [4.69, 9.17) is 15.2 Å². The molecule has 1 aliphatic heterocycles. The van der Waals surface area contributed by atoms with Crippen molar-refractivity contribution in [1.29, 1.82) is 0 Å². The van der Waals surface area contributed by atoms with E-state index in [9.17, 15) is 4.79 Å². The number of aromatic nitrogens is 2. The molecule has 8 nitrogen and oxygen atoms in total. The lowest BCUT2D eigenvalue weighted by atomic mass is 10.2.